The van der Waals surface area contributed by atoms with E-state index in [1.165, 1.54) is 5.19 Å². The molecule has 0 nitrogen and oxygen atoms in total. The van der Waals surface area contributed by atoms with Crippen molar-refractivity contribution in [1.82, 2.24) is 0 Å². The molecule has 0 N–H and O–H groups in total. The predicted octanol–water partition coefficient (Wildman–Crippen LogP) is 2.66. The van der Waals surface area contributed by atoms with E-state index in [0.717, 1.165) is 17.3 Å². The Balaban J connectivity index is 0.000000561. The van der Waals surface area contributed by atoms with Crippen LogP contribution in [0.3, 0.4) is 0 Å². The van der Waals surface area contributed by atoms with Gasteiger partial charge in [0.15, 0.2) is 0 Å². The van der Waals surface area contributed by atoms with E-state index >= 15 is 0 Å². The van der Waals surface area contributed by atoms with Gasteiger partial charge in [-0.05, 0) is 0 Å². The van der Waals surface area contributed by atoms with Gasteiger partial charge < -0.3 is 6.55 Å². The van der Waals surface area contributed by atoms with Crippen LogP contribution in [0.15, 0.2) is 30.3 Å². The van der Waals surface area contributed by atoms with Crippen molar-refractivity contribution in [2.75, 3.05) is 0 Å². The molecule has 1 aromatic rings. The quantitative estimate of drug-likeness (QED) is 0.531. The van der Waals surface area contributed by atoms with Crippen LogP contribution in [0.25, 0.3) is 0 Å². The van der Waals surface area contributed by atoms with Gasteiger partial charge in [-0.2, -0.15) is 0 Å². The summed E-state index contributed by atoms with van der Waals surface area (Å²) in [5.74, 6) is 0. The van der Waals surface area contributed by atoms with Crippen LogP contribution < -0.4 is 5.19 Å². The summed E-state index contributed by atoms with van der Waals surface area (Å²) >= 11 is 0.847. The fourth-order valence-electron chi connectivity index (χ4n) is 0.889. The van der Waals surface area contributed by atoms with Gasteiger partial charge in [0.25, 0.3) is 0 Å². The van der Waals surface area contributed by atoms with Crippen molar-refractivity contribution in [3.63, 3.8) is 0 Å². The molecule has 0 amide bonds. The monoisotopic (exact) mass is 248 g/mol. The van der Waals surface area contributed by atoms with Crippen molar-refractivity contribution in [2.45, 2.75) is 13.1 Å². The zero-order valence-corrected chi connectivity index (χ0v) is 12.4. The van der Waals surface area contributed by atoms with Gasteiger partial charge in [0, 0.05) is 0 Å². The molecule has 0 aromatic heterocycles. The van der Waals surface area contributed by atoms with Crippen LogP contribution in [-0.2, 0) is 17.3 Å². The predicted molar refractivity (Wildman–Crippen MR) is 54.8 cm³/mol. The summed E-state index contributed by atoms with van der Waals surface area (Å²) in [4.78, 5) is 0. The summed E-state index contributed by atoms with van der Waals surface area (Å²) < 4.78 is 0. The number of hydrogen-bond acceptors (Lipinski definition) is 0. The Bertz CT molecular complexity index is 206. The molecule has 0 saturated heterocycles. The van der Waals surface area contributed by atoms with Gasteiger partial charge >= 0.3 is 27.0 Å². The Hall–Kier alpha value is 0.350. The van der Waals surface area contributed by atoms with Crippen LogP contribution in [0.1, 0.15) is 0 Å². The third kappa shape index (κ3) is 4.39. The Morgan fingerprint density at radius 1 is 1.17 bits per heavy atom. The van der Waals surface area contributed by atoms with Crippen LogP contribution in [-0.4, -0.2) is 8.07 Å². The summed E-state index contributed by atoms with van der Waals surface area (Å²) in [6.45, 7) is 8.68. The van der Waals surface area contributed by atoms with E-state index in [0.29, 0.717) is 0 Å². The maximum atomic E-state index is 4.76. The molecular weight excluding hydrogens is 237 g/mol. The molecule has 1 rings (SSSR count). The van der Waals surface area contributed by atoms with Gasteiger partial charge in [-0.1, -0.05) is 56.7 Å². The Kier molecular flexibility index (Phi) is 6.08. The van der Waals surface area contributed by atoms with Crippen LogP contribution in [0.2, 0.25) is 13.1 Å². The second kappa shape index (κ2) is 5.90. The van der Waals surface area contributed by atoms with E-state index < -0.39 is 8.07 Å². The summed E-state index contributed by atoms with van der Waals surface area (Å²) in [5, 5.41) is 1.43. The molecule has 0 spiro atoms. The first kappa shape index (κ1) is 12.4. The minimum absolute atomic E-state index is 0.847. The van der Waals surface area contributed by atoms with E-state index in [9.17, 15) is 0 Å². The number of benzene rings is 1. The third-order valence-electron chi connectivity index (χ3n) is 1.56. The Labute approximate surface area is 90.1 Å². The van der Waals surface area contributed by atoms with Gasteiger partial charge in [-0.25, -0.2) is 0 Å². The van der Waals surface area contributed by atoms with Gasteiger partial charge in [-0.3, -0.25) is 0 Å². The topological polar surface area (TPSA) is 0 Å². The number of hydrogen-bond donors (Lipinski definition) is 0. The standard InChI is InChI=1S/C9H13Si.ClH.Zn/c1-10(2,3)9-7-5-4-6-8-9;;/h4-8H,1H2,2-3H3;1H;/q-1;;+2/p-1. The molecule has 0 aliphatic heterocycles. The van der Waals surface area contributed by atoms with Gasteiger partial charge in [0.2, 0.25) is 0 Å². The fourth-order valence-corrected chi connectivity index (χ4v) is 1.98. The maximum absolute atomic E-state index is 4.76. The first-order valence-corrected chi connectivity index (χ1v) is 10.9. The van der Waals surface area contributed by atoms with Crippen molar-refractivity contribution < 1.29 is 17.3 Å². The molecule has 0 aliphatic rings. The first-order valence-electron chi connectivity index (χ1n) is 3.78. The molecule has 12 heavy (non-hydrogen) atoms. The van der Waals surface area contributed by atoms with Crippen LogP contribution >= 0.6 is 9.69 Å². The SMILES string of the molecule is [CH2-][Si](C)(C)c1ccccc1.[Cl][Zn+]. The van der Waals surface area contributed by atoms with Crippen LogP contribution in [0, 0.1) is 6.55 Å². The van der Waals surface area contributed by atoms with E-state index in [1.807, 2.05) is 6.07 Å². The third-order valence-corrected chi connectivity index (χ3v) is 3.45. The molecule has 3 heteroatoms. The van der Waals surface area contributed by atoms with E-state index in [1.54, 1.807) is 0 Å². The molecule has 0 radical (unpaired) electrons. The van der Waals surface area contributed by atoms with Crippen molar-refractivity contribution in [2.24, 2.45) is 0 Å². The summed E-state index contributed by atoms with van der Waals surface area (Å²) in [5.41, 5.74) is 0. The summed E-state index contributed by atoms with van der Waals surface area (Å²) in [6.07, 6.45) is 0. The molecule has 0 atom stereocenters. The molecule has 0 heterocycles. The van der Waals surface area contributed by atoms with E-state index in [2.05, 4.69) is 43.9 Å². The van der Waals surface area contributed by atoms with Gasteiger partial charge in [-0.15, -0.1) is 0 Å². The molecule has 0 fully saturated rings. The minimum atomic E-state index is -1.28. The summed E-state index contributed by atoms with van der Waals surface area (Å²) in [6, 6.07) is 10.5. The molecule has 0 saturated carbocycles. The molecule has 1 aromatic carbocycles. The molecule has 62 valence electrons. The van der Waals surface area contributed by atoms with E-state index in [-0.39, 0.29) is 0 Å². The van der Waals surface area contributed by atoms with Crippen molar-refractivity contribution in [3.8, 4) is 0 Å². The second-order valence-corrected chi connectivity index (χ2v) is 7.60. The molecule has 0 unspecified atom stereocenters. The van der Waals surface area contributed by atoms with Gasteiger partial charge in [0.05, 0.1) is 0 Å². The summed E-state index contributed by atoms with van der Waals surface area (Å²) in [7, 11) is 3.48. The average molecular weight is 250 g/mol. The van der Waals surface area contributed by atoms with Crippen LogP contribution in [0.5, 0.6) is 0 Å². The zero-order valence-electron chi connectivity index (χ0n) is 7.68. The number of halogens is 1. The van der Waals surface area contributed by atoms with Crippen molar-refractivity contribution in [3.05, 3.63) is 36.9 Å². The van der Waals surface area contributed by atoms with Crippen molar-refractivity contribution in [1.29, 1.82) is 0 Å². The van der Waals surface area contributed by atoms with E-state index in [4.69, 9.17) is 9.69 Å². The molecular formula is C9H13ClSiZn. The molecule has 0 aliphatic carbocycles. The number of rotatable bonds is 1. The zero-order chi connectivity index (χ0) is 9.61. The second-order valence-electron chi connectivity index (χ2n) is 3.25. The Morgan fingerprint density at radius 2 is 1.58 bits per heavy atom. The first-order chi connectivity index (χ1) is 5.61. The van der Waals surface area contributed by atoms with Crippen molar-refractivity contribution >= 4 is 23.0 Å². The fraction of sp³-hybridized carbons (Fsp3) is 0.222. The molecule has 0 bridgehead atoms. The average Bonchev–Trinajstić information content (AvgIpc) is 2.08. The van der Waals surface area contributed by atoms with Crippen LogP contribution in [0.4, 0.5) is 0 Å². The van der Waals surface area contributed by atoms with Gasteiger partial charge in [0.1, 0.15) is 0 Å². The Morgan fingerprint density at radius 3 is 1.83 bits per heavy atom. The normalized spacial score (nSPS) is 10.2.